The molecule has 0 unspecified atom stereocenters. The van der Waals surface area contributed by atoms with Crippen molar-refractivity contribution in [3.05, 3.63) is 40.3 Å². The number of nitrogens with one attached hydrogen (secondary N) is 1. The van der Waals surface area contributed by atoms with Gasteiger partial charge in [0.25, 0.3) is 0 Å². The normalized spacial score (nSPS) is 21.7. The summed E-state index contributed by atoms with van der Waals surface area (Å²) >= 11 is 3.47. The Hall–Kier alpha value is -1.40. The van der Waals surface area contributed by atoms with Crippen LogP contribution < -0.4 is 5.32 Å². The maximum atomic E-state index is 5.89. The molecule has 1 N–H and O–H groups in total. The molecule has 1 fully saturated rings. The van der Waals surface area contributed by atoms with E-state index < -0.39 is 0 Å². The van der Waals surface area contributed by atoms with Crippen molar-refractivity contribution in [2.45, 2.75) is 19.4 Å². The fraction of sp³-hybridized carbons (Fsp3) is 0.467. The summed E-state index contributed by atoms with van der Waals surface area (Å²) in [5.41, 5.74) is 2.32. The van der Waals surface area contributed by atoms with E-state index in [-0.39, 0.29) is 6.10 Å². The van der Waals surface area contributed by atoms with Crippen molar-refractivity contribution in [3.63, 3.8) is 0 Å². The van der Waals surface area contributed by atoms with Gasteiger partial charge in [-0.3, -0.25) is 4.68 Å². The molecular formula is C15H19BrN4O. The highest BCUT2D eigenvalue weighted by atomic mass is 79.9. The number of hydrogen-bond acceptors (Lipinski definition) is 4. The van der Waals surface area contributed by atoms with Crippen molar-refractivity contribution >= 4 is 21.7 Å². The van der Waals surface area contributed by atoms with E-state index in [2.05, 4.69) is 44.3 Å². The molecule has 21 heavy (non-hydrogen) atoms. The van der Waals surface area contributed by atoms with Gasteiger partial charge in [-0.2, -0.15) is 5.10 Å². The average molecular weight is 351 g/mol. The quantitative estimate of drug-likeness (QED) is 0.920. The zero-order valence-electron chi connectivity index (χ0n) is 12.2. The summed E-state index contributed by atoms with van der Waals surface area (Å²) in [6, 6.07) is 4.09. The van der Waals surface area contributed by atoms with Crippen molar-refractivity contribution in [3.8, 4) is 0 Å². The van der Waals surface area contributed by atoms with Crippen LogP contribution >= 0.6 is 15.9 Å². The Bertz CT molecular complexity index is 628. The van der Waals surface area contributed by atoms with Gasteiger partial charge >= 0.3 is 0 Å². The first-order chi connectivity index (χ1) is 10.1. The van der Waals surface area contributed by atoms with Gasteiger partial charge in [0.1, 0.15) is 11.9 Å². The predicted molar refractivity (Wildman–Crippen MR) is 85.2 cm³/mol. The number of hydrogen-bond donors (Lipinski definition) is 1. The lowest BCUT2D eigenvalue weighted by molar-refractivity contribution is 0.0866. The number of pyridine rings is 1. The molecule has 0 spiro atoms. The molecule has 1 aliphatic rings. The number of nitrogens with zero attached hydrogens (tertiary/aromatic N) is 3. The molecule has 1 saturated heterocycles. The van der Waals surface area contributed by atoms with Crippen LogP contribution in [0.1, 0.15) is 23.8 Å². The van der Waals surface area contributed by atoms with Gasteiger partial charge in [0.15, 0.2) is 0 Å². The fourth-order valence-electron chi connectivity index (χ4n) is 2.70. The smallest absolute Gasteiger partial charge is 0.126 e. The number of rotatable bonds is 4. The average Bonchev–Trinajstić information content (AvgIpc) is 3.08. The minimum absolute atomic E-state index is 0.113. The van der Waals surface area contributed by atoms with Crippen molar-refractivity contribution in [1.82, 2.24) is 14.8 Å². The van der Waals surface area contributed by atoms with Crippen LogP contribution in [-0.4, -0.2) is 27.9 Å². The summed E-state index contributed by atoms with van der Waals surface area (Å²) in [7, 11) is 1.96. The van der Waals surface area contributed by atoms with E-state index in [4.69, 9.17) is 4.74 Å². The summed E-state index contributed by atoms with van der Waals surface area (Å²) in [6.07, 6.45) is 4.82. The molecule has 6 heteroatoms. The molecule has 2 atom stereocenters. The second kappa shape index (κ2) is 6.15. The number of aromatic nitrogens is 3. The molecule has 0 aliphatic carbocycles. The van der Waals surface area contributed by atoms with E-state index in [0.717, 1.165) is 35.6 Å². The first-order valence-electron chi connectivity index (χ1n) is 7.10. The Balaban J connectivity index is 1.67. The van der Waals surface area contributed by atoms with Gasteiger partial charge in [-0.25, -0.2) is 4.98 Å². The Morgan fingerprint density at radius 2 is 2.38 bits per heavy atom. The molecule has 0 aromatic carbocycles. The van der Waals surface area contributed by atoms with E-state index in [0.29, 0.717) is 5.92 Å². The van der Waals surface area contributed by atoms with Crippen LogP contribution in [0.25, 0.3) is 0 Å². The van der Waals surface area contributed by atoms with Crippen LogP contribution in [-0.2, 0) is 11.8 Å². The van der Waals surface area contributed by atoms with Crippen LogP contribution in [0.2, 0.25) is 0 Å². The maximum Gasteiger partial charge on any atom is 0.126 e. The Labute approximate surface area is 132 Å². The predicted octanol–water partition coefficient (Wildman–Crippen LogP) is 3.08. The molecule has 5 nitrogen and oxygen atoms in total. The molecule has 3 heterocycles. The third-order valence-electron chi connectivity index (χ3n) is 3.96. The van der Waals surface area contributed by atoms with E-state index in [1.807, 2.05) is 30.2 Å². The van der Waals surface area contributed by atoms with Crippen molar-refractivity contribution in [1.29, 1.82) is 0 Å². The van der Waals surface area contributed by atoms with Crippen molar-refractivity contribution in [2.75, 3.05) is 18.5 Å². The van der Waals surface area contributed by atoms with Crippen LogP contribution in [0.15, 0.2) is 29.0 Å². The highest BCUT2D eigenvalue weighted by molar-refractivity contribution is 9.10. The van der Waals surface area contributed by atoms with E-state index in [1.54, 1.807) is 0 Å². The second-order valence-electron chi connectivity index (χ2n) is 5.42. The summed E-state index contributed by atoms with van der Waals surface area (Å²) in [5.74, 6) is 1.34. The number of halogens is 1. The van der Waals surface area contributed by atoms with Crippen molar-refractivity contribution in [2.24, 2.45) is 13.0 Å². The summed E-state index contributed by atoms with van der Waals surface area (Å²) in [6.45, 7) is 3.72. The Morgan fingerprint density at radius 3 is 3.10 bits per heavy atom. The van der Waals surface area contributed by atoms with Gasteiger partial charge in [-0.05, 0) is 47.0 Å². The second-order valence-corrected chi connectivity index (χ2v) is 6.27. The summed E-state index contributed by atoms with van der Waals surface area (Å²) < 4.78 is 8.82. The van der Waals surface area contributed by atoms with Crippen molar-refractivity contribution < 1.29 is 4.74 Å². The van der Waals surface area contributed by atoms with Crippen LogP contribution in [0.4, 0.5) is 5.82 Å². The molecule has 2 aromatic heterocycles. The van der Waals surface area contributed by atoms with Crippen LogP contribution in [0.3, 0.4) is 0 Å². The molecule has 2 aromatic rings. The lowest BCUT2D eigenvalue weighted by Gasteiger charge is -2.19. The standard InChI is InChI=1S/C15H19BrN4O/c1-10-7-14(18-9-12(10)16)17-8-11-4-6-21-15(11)13-3-5-19-20(13)2/h3,5,7,9,11,15H,4,6,8H2,1-2H3,(H,17,18)/t11-,15+/m0/s1. The maximum absolute atomic E-state index is 5.89. The van der Waals surface area contributed by atoms with Gasteiger partial charge in [0, 0.05) is 43.0 Å². The third kappa shape index (κ3) is 3.11. The highest BCUT2D eigenvalue weighted by Gasteiger charge is 2.31. The topological polar surface area (TPSA) is 52.0 Å². The summed E-state index contributed by atoms with van der Waals surface area (Å²) in [4.78, 5) is 4.39. The molecule has 0 saturated carbocycles. The SMILES string of the molecule is Cc1cc(NC[C@@H]2CCO[C@H]2c2ccnn2C)ncc1Br. The minimum atomic E-state index is 0.113. The third-order valence-corrected chi connectivity index (χ3v) is 4.79. The van der Waals surface area contributed by atoms with Gasteiger partial charge in [0.05, 0.1) is 5.69 Å². The lowest BCUT2D eigenvalue weighted by atomic mass is 9.99. The van der Waals surface area contributed by atoms with E-state index in [9.17, 15) is 0 Å². The Kier molecular flexibility index (Phi) is 4.26. The van der Waals surface area contributed by atoms with Gasteiger partial charge < -0.3 is 10.1 Å². The molecule has 0 amide bonds. The van der Waals surface area contributed by atoms with E-state index in [1.165, 1.54) is 5.56 Å². The molecule has 0 radical (unpaired) electrons. The van der Waals surface area contributed by atoms with E-state index >= 15 is 0 Å². The zero-order chi connectivity index (χ0) is 14.8. The molecule has 112 valence electrons. The number of aryl methyl sites for hydroxylation is 2. The highest BCUT2D eigenvalue weighted by Crippen LogP contribution is 2.34. The monoisotopic (exact) mass is 350 g/mol. The van der Waals surface area contributed by atoms with Crippen LogP contribution in [0.5, 0.6) is 0 Å². The first-order valence-corrected chi connectivity index (χ1v) is 7.90. The van der Waals surface area contributed by atoms with Gasteiger partial charge in [-0.15, -0.1) is 0 Å². The lowest BCUT2D eigenvalue weighted by Crippen LogP contribution is -2.20. The molecular weight excluding hydrogens is 332 g/mol. The molecule has 1 aliphatic heterocycles. The Morgan fingerprint density at radius 1 is 1.52 bits per heavy atom. The van der Waals surface area contributed by atoms with Gasteiger partial charge in [-0.1, -0.05) is 0 Å². The molecule has 0 bridgehead atoms. The number of anilines is 1. The van der Waals surface area contributed by atoms with Crippen LogP contribution in [0, 0.1) is 12.8 Å². The fourth-order valence-corrected chi connectivity index (χ4v) is 2.92. The largest absolute Gasteiger partial charge is 0.372 e. The minimum Gasteiger partial charge on any atom is -0.372 e. The van der Waals surface area contributed by atoms with Gasteiger partial charge in [0.2, 0.25) is 0 Å². The zero-order valence-corrected chi connectivity index (χ0v) is 13.8. The summed E-state index contributed by atoms with van der Waals surface area (Å²) in [5, 5.41) is 7.66. The molecule has 3 rings (SSSR count). The first kappa shape index (κ1) is 14.5. The number of ether oxygens (including phenoxy) is 1.